The van der Waals surface area contributed by atoms with Crippen LogP contribution < -0.4 is 10.6 Å². The molecule has 3 aromatic rings. The minimum absolute atomic E-state index is 0.136. The van der Waals surface area contributed by atoms with Crippen LogP contribution in [0.4, 0.5) is 5.82 Å². The Bertz CT molecular complexity index is 1000. The molecule has 1 fully saturated rings. The van der Waals surface area contributed by atoms with E-state index in [-0.39, 0.29) is 5.91 Å². The van der Waals surface area contributed by atoms with E-state index >= 15 is 0 Å². The summed E-state index contributed by atoms with van der Waals surface area (Å²) in [4.78, 5) is 24.3. The first-order valence-corrected chi connectivity index (χ1v) is 11.3. The first kappa shape index (κ1) is 22.0. The van der Waals surface area contributed by atoms with Gasteiger partial charge in [0.2, 0.25) is 0 Å². The van der Waals surface area contributed by atoms with Crippen LogP contribution in [0.1, 0.15) is 35.2 Å². The van der Waals surface area contributed by atoms with Gasteiger partial charge in [-0.15, -0.1) is 0 Å². The molecule has 0 spiro atoms. The number of nitrogens with one attached hydrogen (secondary N) is 2. The molecule has 6 nitrogen and oxygen atoms in total. The lowest BCUT2D eigenvalue weighted by atomic mass is 9.94. The van der Waals surface area contributed by atoms with Gasteiger partial charge in [-0.1, -0.05) is 36.4 Å². The molecule has 4 rings (SSSR count). The number of rotatable bonds is 8. The number of pyridine rings is 2. The maximum Gasteiger partial charge on any atom is 0.255 e. The third-order valence-electron chi connectivity index (χ3n) is 6.07. The fourth-order valence-electron chi connectivity index (χ4n) is 4.07. The van der Waals surface area contributed by atoms with Crippen molar-refractivity contribution in [3.63, 3.8) is 0 Å². The number of amides is 1. The van der Waals surface area contributed by atoms with Crippen LogP contribution >= 0.6 is 0 Å². The highest BCUT2D eigenvalue weighted by Crippen LogP contribution is 2.23. The minimum Gasteiger partial charge on any atom is -0.369 e. The number of hydrogen-bond donors (Lipinski definition) is 2. The van der Waals surface area contributed by atoms with Crippen molar-refractivity contribution in [2.45, 2.75) is 25.8 Å². The lowest BCUT2D eigenvalue weighted by molar-refractivity contribution is 0.0951. The number of carbonyl (C=O) groups excluding carboxylic acids is 1. The molecule has 32 heavy (non-hydrogen) atoms. The molecule has 1 aliphatic heterocycles. The predicted molar refractivity (Wildman–Crippen MR) is 128 cm³/mol. The van der Waals surface area contributed by atoms with Gasteiger partial charge < -0.3 is 15.5 Å². The number of carbonyl (C=O) groups is 1. The van der Waals surface area contributed by atoms with E-state index in [1.165, 1.54) is 12.8 Å². The van der Waals surface area contributed by atoms with E-state index in [9.17, 15) is 4.79 Å². The molecule has 3 heterocycles. The first-order valence-electron chi connectivity index (χ1n) is 11.3. The SMILES string of the molecule is CN1CCC(CCNc2nc(-c3ccccc3)ccc2C(=O)NCc2cccnc2)CC1. The summed E-state index contributed by atoms with van der Waals surface area (Å²) in [6.07, 6.45) is 7.03. The molecular formula is C26H31N5O. The summed E-state index contributed by atoms with van der Waals surface area (Å²) in [6, 6.07) is 17.7. The Morgan fingerprint density at radius 2 is 1.88 bits per heavy atom. The second-order valence-corrected chi connectivity index (χ2v) is 8.46. The summed E-state index contributed by atoms with van der Waals surface area (Å²) >= 11 is 0. The van der Waals surface area contributed by atoms with Crippen LogP contribution in [0.3, 0.4) is 0 Å². The van der Waals surface area contributed by atoms with Crippen LogP contribution in [-0.4, -0.2) is 47.5 Å². The third-order valence-corrected chi connectivity index (χ3v) is 6.07. The Morgan fingerprint density at radius 1 is 1.06 bits per heavy atom. The Balaban J connectivity index is 1.47. The fourth-order valence-corrected chi connectivity index (χ4v) is 4.07. The Hall–Kier alpha value is -3.25. The Kier molecular flexibility index (Phi) is 7.46. The second kappa shape index (κ2) is 10.9. The van der Waals surface area contributed by atoms with Gasteiger partial charge in [0.25, 0.3) is 5.91 Å². The average molecular weight is 430 g/mol. The normalized spacial score (nSPS) is 14.8. The topological polar surface area (TPSA) is 70.2 Å². The zero-order valence-electron chi connectivity index (χ0n) is 18.6. The van der Waals surface area contributed by atoms with Crippen molar-refractivity contribution in [1.82, 2.24) is 20.2 Å². The molecule has 1 aliphatic rings. The number of anilines is 1. The summed E-state index contributed by atoms with van der Waals surface area (Å²) in [7, 11) is 2.18. The number of aromatic nitrogens is 2. The summed E-state index contributed by atoms with van der Waals surface area (Å²) in [5.74, 6) is 1.23. The molecular weight excluding hydrogens is 398 g/mol. The van der Waals surface area contributed by atoms with E-state index in [0.29, 0.717) is 17.9 Å². The third kappa shape index (κ3) is 5.92. The number of likely N-dealkylation sites (tertiary alicyclic amines) is 1. The Morgan fingerprint density at radius 3 is 2.62 bits per heavy atom. The summed E-state index contributed by atoms with van der Waals surface area (Å²) < 4.78 is 0. The first-order chi connectivity index (χ1) is 15.7. The van der Waals surface area contributed by atoms with E-state index in [0.717, 1.165) is 48.8 Å². The highest BCUT2D eigenvalue weighted by Gasteiger charge is 2.18. The zero-order valence-corrected chi connectivity index (χ0v) is 18.6. The lowest BCUT2D eigenvalue weighted by Crippen LogP contribution is -2.31. The van der Waals surface area contributed by atoms with Gasteiger partial charge in [0.05, 0.1) is 11.3 Å². The average Bonchev–Trinajstić information content (AvgIpc) is 2.85. The van der Waals surface area contributed by atoms with Gasteiger partial charge in [-0.2, -0.15) is 0 Å². The van der Waals surface area contributed by atoms with Gasteiger partial charge in [0.1, 0.15) is 5.82 Å². The number of hydrogen-bond acceptors (Lipinski definition) is 5. The van der Waals surface area contributed by atoms with E-state index < -0.39 is 0 Å². The number of benzene rings is 1. The highest BCUT2D eigenvalue weighted by atomic mass is 16.1. The molecule has 0 aliphatic carbocycles. The summed E-state index contributed by atoms with van der Waals surface area (Å²) in [5, 5.41) is 6.46. The van der Waals surface area contributed by atoms with E-state index in [1.807, 2.05) is 54.6 Å². The molecule has 0 unspecified atom stereocenters. The van der Waals surface area contributed by atoms with Crippen molar-refractivity contribution in [2.75, 3.05) is 32.0 Å². The van der Waals surface area contributed by atoms with Crippen molar-refractivity contribution >= 4 is 11.7 Å². The predicted octanol–water partition coefficient (Wildman–Crippen LogP) is 4.22. The van der Waals surface area contributed by atoms with E-state index in [4.69, 9.17) is 4.98 Å². The van der Waals surface area contributed by atoms with Gasteiger partial charge in [-0.3, -0.25) is 9.78 Å². The van der Waals surface area contributed by atoms with Gasteiger partial charge in [-0.25, -0.2) is 4.98 Å². The standard InChI is InChI=1S/C26H31N5O/c1-31-16-12-20(13-17-31)11-15-28-25-23(26(32)29-19-21-6-5-14-27-18-21)9-10-24(30-25)22-7-3-2-4-8-22/h2-10,14,18,20H,11-13,15-17,19H2,1H3,(H,28,30)(H,29,32). The molecule has 2 N–H and O–H groups in total. The van der Waals surface area contributed by atoms with Crippen LogP contribution in [-0.2, 0) is 6.54 Å². The maximum atomic E-state index is 13.0. The second-order valence-electron chi connectivity index (χ2n) is 8.46. The fraction of sp³-hybridized carbons (Fsp3) is 0.346. The molecule has 1 amide bonds. The van der Waals surface area contributed by atoms with Crippen LogP contribution in [0.5, 0.6) is 0 Å². The van der Waals surface area contributed by atoms with Crippen molar-refractivity contribution in [2.24, 2.45) is 5.92 Å². The van der Waals surface area contributed by atoms with Crippen molar-refractivity contribution in [1.29, 1.82) is 0 Å². The number of piperidine rings is 1. The van der Waals surface area contributed by atoms with E-state index in [1.54, 1.807) is 12.4 Å². The van der Waals surface area contributed by atoms with Gasteiger partial charge >= 0.3 is 0 Å². The van der Waals surface area contributed by atoms with Crippen LogP contribution in [0.2, 0.25) is 0 Å². The minimum atomic E-state index is -0.136. The summed E-state index contributed by atoms with van der Waals surface area (Å²) in [6.45, 7) is 3.56. The van der Waals surface area contributed by atoms with Gasteiger partial charge in [-0.05, 0) is 69.1 Å². The summed E-state index contributed by atoms with van der Waals surface area (Å²) in [5.41, 5.74) is 3.42. The molecule has 1 aromatic carbocycles. The quantitative estimate of drug-likeness (QED) is 0.561. The lowest BCUT2D eigenvalue weighted by Gasteiger charge is -2.29. The molecule has 166 valence electrons. The molecule has 0 saturated carbocycles. The van der Waals surface area contributed by atoms with E-state index in [2.05, 4.69) is 27.6 Å². The van der Waals surface area contributed by atoms with Crippen molar-refractivity contribution < 1.29 is 4.79 Å². The molecule has 0 radical (unpaired) electrons. The van der Waals surface area contributed by atoms with Crippen LogP contribution in [0.25, 0.3) is 11.3 Å². The highest BCUT2D eigenvalue weighted by molar-refractivity contribution is 5.99. The monoisotopic (exact) mass is 429 g/mol. The number of nitrogens with zero attached hydrogens (tertiary/aromatic N) is 3. The van der Waals surface area contributed by atoms with Gasteiger partial charge in [0, 0.05) is 31.0 Å². The molecule has 1 saturated heterocycles. The van der Waals surface area contributed by atoms with Crippen LogP contribution in [0, 0.1) is 5.92 Å². The zero-order chi connectivity index (χ0) is 22.2. The molecule has 0 atom stereocenters. The van der Waals surface area contributed by atoms with Crippen molar-refractivity contribution in [3.8, 4) is 11.3 Å². The largest absolute Gasteiger partial charge is 0.369 e. The van der Waals surface area contributed by atoms with Gasteiger partial charge in [0.15, 0.2) is 0 Å². The smallest absolute Gasteiger partial charge is 0.255 e. The molecule has 6 heteroatoms. The Labute approximate surface area is 190 Å². The van der Waals surface area contributed by atoms with Crippen LogP contribution in [0.15, 0.2) is 67.0 Å². The molecule has 0 bridgehead atoms. The molecule has 2 aromatic heterocycles. The van der Waals surface area contributed by atoms with Crippen molar-refractivity contribution in [3.05, 3.63) is 78.1 Å². The maximum absolute atomic E-state index is 13.0.